The third kappa shape index (κ3) is 3.68. The van der Waals surface area contributed by atoms with E-state index < -0.39 is 22.0 Å². The zero-order valence-electron chi connectivity index (χ0n) is 11.3. The van der Waals surface area contributed by atoms with Gasteiger partial charge in [-0.05, 0) is 43.3 Å². The fourth-order valence-corrected chi connectivity index (χ4v) is 2.63. The van der Waals surface area contributed by atoms with Crippen LogP contribution >= 0.6 is 0 Å². The zero-order chi connectivity index (χ0) is 15.5. The molecule has 0 heterocycles. The SMILES string of the molecule is CC(O)C(=O)c1ccc(OS(=O)(=O)c2ccccc2)cc1. The Morgan fingerprint density at radius 1 is 1.05 bits per heavy atom. The van der Waals surface area contributed by atoms with Crippen LogP contribution in [0.4, 0.5) is 0 Å². The molecule has 1 unspecified atom stereocenters. The molecule has 110 valence electrons. The Kier molecular flexibility index (Phi) is 4.40. The second-order valence-corrected chi connectivity index (χ2v) is 5.96. The summed E-state index contributed by atoms with van der Waals surface area (Å²) in [6.07, 6.45) is -1.11. The van der Waals surface area contributed by atoms with Crippen molar-refractivity contribution in [1.82, 2.24) is 0 Å². The van der Waals surface area contributed by atoms with Gasteiger partial charge in [-0.25, -0.2) is 0 Å². The number of carbonyl (C=O) groups is 1. The molecule has 0 fully saturated rings. The number of aliphatic hydroxyl groups excluding tert-OH is 1. The topological polar surface area (TPSA) is 80.7 Å². The molecule has 0 aliphatic rings. The average molecular weight is 306 g/mol. The van der Waals surface area contributed by atoms with Gasteiger partial charge in [0.1, 0.15) is 16.7 Å². The Morgan fingerprint density at radius 2 is 1.62 bits per heavy atom. The maximum Gasteiger partial charge on any atom is 0.339 e. The summed E-state index contributed by atoms with van der Waals surface area (Å²) in [5.41, 5.74) is 0.287. The fourth-order valence-electron chi connectivity index (χ4n) is 1.68. The number of carbonyl (C=O) groups excluding carboxylic acids is 1. The Bertz CT molecular complexity index is 718. The van der Waals surface area contributed by atoms with E-state index in [1.54, 1.807) is 18.2 Å². The Morgan fingerprint density at radius 3 is 2.14 bits per heavy atom. The smallest absolute Gasteiger partial charge is 0.339 e. The van der Waals surface area contributed by atoms with Gasteiger partial charge < -0.3 is 9.29 Å². The lowest BCUT2D eigenvalue weighted by atomic mass is 10.1. The summed E-state index contributed by atoms with van der Waals surface area (Å²) in [6.45, 7) is 1.37. The molecule has 0 spiro atoms. The molecule has 6 heteroatoms. The molecule has 0 radical (unpaired) electrons. The summed E-state index contributed by atoms with van der Waals surface area (Å²) in [7, 11) is -3.90. The normalized spacial score (nSPS) is 12.7. The van der Waals surface area contributed by atoms with Gasteiger partial charge in [0.05, 0.1) is 0 Å². The molecule has 0 amide bonds. The second-order valence-electron chi connectivity index (χ2n) is 4.42. The first-order valence-corrected chi connectivity index (χ1v) is 7.63. The van der Waals surface area contributed by atoms with Crippen LogP contribution in [-0.2, 0) is 10.1 Å². The van der Waals surface area contributed by atoms with Crippen molar-refractivity contribution in [3.8, 4) is 5.75 Å². The quantitative estimate of drug-likeness (QED) is 0.675. The molecule has 0 aliphatic carbocycles. The van der Waals surface area contributed by atoms with Crippen LogP contribution in [-0.4, -0.2) is 25.4 Å². The first kappa shape index (κ1) is 15.2. The van der Waals surface area contributed by atoms with Gasteiger partial charge in [-0.15, -0.1) is 0 Å². The highest BCUT2D eigenvalue weighted by molar-refractivity contribution is 7.87. The van der Waals surface area contributed by atoms with Crippen molar-refractivity contribution in [2.24, 2.45) is 0 Å². The molecule has 5 nitrogen and oxygen atoms in total. The van der Waals surface area contributed by atoms with Crippen molar-refractivity contribution in [3.05, 3.63) is 60.2 Å². The van der Waals surface area contributed by atoms with Crippen LogP contribution < -0.4 is 4.18 Å². The molecule has 2 rings (SSSR count). The van der Waals surface area contributed by atoms with Crippen molar-refractivity contribution in [2.75, 3.05) is 0 Å². The lowest BCUT2D eigenvalue weighted by molar-refractivity contribution is 0.0779. The lowest BCUT2D eigenvalue weighted by Crippen LogP contribution is -2.16. The highest BCUT2D eigenvalue weighted by Gasteiger charge is 2.17. The number of benzene rings is 2. The predicted molar refractivity (Wildman–Crippen MR) is 76.7 cm³/mol. The van der Waals surface area contributed by atoms with E-state index in [4.69, 9.17) is 4.18 Å². The predicted octanol–water partition coefficient (Wildman–Crippen LogP) is 2.02. The van der Waals surface area contributed by atoms with E-state index in [-0.39, 0.29) is 16.2 Å². The third-order valence-corrected chi connectivity index (χ3v) is 4.02. The van der Waals surface area contributed by atoms with E-state index in [9.17, 15) is 18.3 Å². The zero-order valence-corrected chi connectivity index (χ0v) is 12.1. The van der Waals surface area contributed by atoms with Crippen molar-refractivity contribution in [2.45, 2.75) is 17.9 Å². The van der Waals surface area contributed by atoms with E-state index in [1.165, 1.54) is 43.3 Å². The van der Waals surface area contributed by atoms with Crippen LogP contribution in [0.2, 0.25) is 0 Å². The highest BCUT2D eigenvalue weighted by Crippen LogP contribution is 2.19. The molecule has 1 atom stereocenters. The van der Waals surface area contributed by atoms with Gasteiger partial charge in [-0.1, -0.05) is 18.2 Å². The van der Waals surface area contributed by atoms with Crippen LogP contribution in [0.5, 0.6) is 5.75 Å². The van der Waals surface area contributed by atoms with Gasteiger partial charge in [-0.3, -0.25) is 4.79 Å². The number of Topliss-reactive ketones (excluding diaryl/α,β-unsaturated/α-hetero) is 1. The summed E-state index contributed by atoms with van der Waals surface area (Å²) in [4.78, 5) is 11.6. The molecular formula is C15H14O5S. The summed E-state index contributed by atoms with van der Waals surface area (Å²) in [5, 5.41) is 9.20. The number of hydrogen-bond donors (Lipinski definition) is 1. The Balaban J connectivity index is 2.19. The first-order chi connectivity index (χ1) is 9.90. The molecule has 2 aromatic carbocycles. The van der Waals surface area contributed by atoms with Crippen molar-refractivity contribution in [1.29, 1.82) is 0 Å². The van der Waals surface area contributed by atoms with E-state index in [0.717, 1.165) is 0 Å². The third-order valence-electron chi connectivity index (χ3n) is 2.76. The van der Waals surface area contributed by atoms with Crippen LogP contribution in [0.1, 0.15) is 17.3 Å². The Hall–Kier alpha value is -2.18. The minimum absolute atomic E-state index is 0.0501. The van der Waals surface area contributed by atoms with Crippen molar-refractivity contribution < 1.29 is 22.5 Å². The van der Waals surface area contributed by atoms with Gasteiger partial charge in [0.25, 0.3) is 0 Å². The minimum atomic E-state index is -3.90. The van der Waals surface area contributed by atoms with E-state index >= 15 is 0 Å². The summed E-state index contributed by atoms with van der Waals surface area (Å²) in [6, 6.07) is 13.3. The summed E-state index contributed by atoms with van der Waals surface area (Å²) < 4.78 is 29.0. The maximum atomic E-state index is 12.0. The second kappa shape index (κ2) is 6.07. The van der Waals surface area contributed by atoms with Crippen molar-refractivity contribution >= 4 is 15.9 Å². The number of aliphatic hydroxyl groups is 1. The molecular weight excluding hydrogens is 292 g/mol. The minimum Gasteiger partial charge on any atom is -0.385 e. The largest absolute Gasteiger partial charge is 0.385 e. The van der Waals surface area contributed by atoms with Gasteiger partial charge >= 0.3 is 10.1 Å². The molecule has 1 N–H and O–H groups in total. The van der Waals surface area contributed by atoms with Crippen LogP contribution in [0.15, 0.2) is 59.5 Å². The van der Waals surface area contributed by atoms with Crippen LogP contribution in [0, 0.1) is 0 Å². The van der Waals surface area contributed by atoms with Gasteiger partial charge in [0.15, 0.2) is 5.78 Å². The first-order valence-electron chi connectivity index (χ1n) is 6.22. The monoisotopic (exact) mass is 306 g/mol. The molecule has 0 saturated heterocycles. The molecule has 0 saturated carbocycles. The number of hydrogen-bond acceptors (Lipinski definition) is 5. The van der Waals surface area contributed by atoms with E-state index in [1.807, 2.05) is 0 Å². The highest BCUT2D eigenvalue weighted by atomic mass is 32.2. The summed E-state index contributed by atoms with van der Waals surface area (Å²) in [5.74, 6) is -0.339. The number of rotatable bonds is 5. The molecule has 2 aromatic rings. The van der Waals surface area contributed by atoms with Gasteiger partial charge in [0, 0.05) is 5.56 Å². The fraction of sp³-hybridized carbons (Fsp3) is 0.133. The summed E-state index contributed by atoms with van der Waals surface area (Å²) >= 11 is 0. The van der Waals surface area contributed by atoms with Gasteiger partial charge in [-0.2, -0.15) is 8.42 Å². The lowest BCUT2D eigenvalue weighted by Gasteiger charge is -2.08. The molecule has 21 heavy (non-hydrogen) atoms. The van der Waals surface area contributed by atoms with Crippen molar-refractivity contribution in [3.63, 3.8) is 0 Å². The maximum absolute atomic E-state index is 12.0. The van der Waals surface area contributed by atoms with Gasteiger partial charge in [0.2, 0.25) is 0 Å². The van der Waals surface area contributed by atoms with E-state index in [0.29, 0.717) is 0 Å². The Labute approximate surface area is 122 Å². The standard InChI is InChI=1S/C15H14O5S/c1-11(16)15(17)12-7-9-13(10-8-12)20-21(18,19)14-5-3-2-4-6-14/h2-11,16H,1H3. The average Bonchev–Trinajstić information content (AvgIpc) is 2.48. The van der Waals surface area contributed by atoms with Crippen LogP contribution in [0.25, 0.3) is 0 Å². The van der Waals surface area contributed by atoms with E-state index in [2.05, 4.69) is 0 Å². The number of ketones is 1. The molecule has 0 bridgehead atoms. The van der Waals surface area contributed by atoms with Crippen LogP contribution in [0.3, 0.4) is 0 Å². The molecule has 0 aliphatic heterocycles. The molecule has 0 aromatic heterocycles.